The number of hydrogen-bond acceptors (Lipinski definition) is 1. The van der Waals surface area contributed by atoms with E-state index in [-0.39, 0.29) is 3.62 Å². The molecule has 1 aliphatic rings. The van der Waals surface area contributed by atoms with Crippen LogP contribution in [0, 0.1) is 0 Å². The summed E-state index contributed by atoms with van der Waals surface area (Å²) < 4.78 is -0.356. The normalized spacial score (nSPS) is 39.7. The molecule has 1 atom stereocenters. The van der Waals surface area contributed by atoms with Gasteiger partial charge < -0.3 is 0 Å². The molecule has 0 heterocycles. The van der Waals surface area contributed by atoms with Crippen molar-refractivity contribution in [2.24, 2.45) is 0 Å². The van der Waals surface area contributed by atoms with Crippen molar-refractivity contribution >= 4 is 22.5 Å². The number of rotatable bonds is 0. The van der Waals surface area contributed by atoms with Crippen LogP contribution in [0.2, 0.25) is 0 Å². The maximum atomic E-state index is 9.17. The van der Waals surface area contributed by atoms with Crippen LogP contribution in [-0.4, -0.2) is 31.2 Å². The second-order valence-electron chi connectivity index (χ2n) is 1.93. The number of allylic oxidation sites excluding steroid dienone is 1. The standard InChI is InChI=1S/C5H7O.Sn.H/c6-5-3-1-2-4-5;;/h1,3,6H,2,4H2;;. The average molecular weight is 203 g/mol. The first-order valence-electron chi connectivity index (χ1n) is 2.40. The molecule has 1 unspecified atom stereocenters. The van der Waals surface area contributed by atoms with Gasteiger partial charge in [-0.25, -0.2) is 0 Å². The van der Waals surface area contributed by atoms with Gasteiger partial charge in [0.2, 0.25) is 0 Å². The Labute approximate surface area is 56.5 Å². The quantitative estimate of drug-likeness (QED) is 0.431. The van der Waals surface area contributed by atoms with Crippen molar-refractivity contribution in [2.45, 2.75) is 16.5 Å². The summed E-state index contributed by atoms with van der Waals surface area (Å²) in [6, 6.07) is 0. The monoisotopic (exact) mass is 204 g/mol. The molecule has 0 saturated carbocycles. The van der Waals surface area contributed by atoms with Gasteiger partial charge in [0.25, 0.3) is 0 Å². The molecule has 0 aliphatic heterocycles. The molecular weight excluding hydrogens is 195 g/mol. The topological polar surface area (TPSA) is 20.2 Å². The molecule has 2 heteroatoms. The Morgan fingerprint density at radius 1 is 1.71 bits per heavy atom. The number of aliphatic hydroxyl groups is 1. The molecule has 2 radical (unpaired) electrons. The zero-order chi connectivity index (χ0) is 5.33. The van der Waals surface area contributed by atoms with Gasteiger partial charge in [0.1, 0.15) is 0 Å². The van der Waals surface area contributed by atoms with Crippen molar-refractivity contribution in [3.8, 4) is 0 Å². The van der Waals surface area contributed by atoms with Crippen LogP contribution in [-0.2, 0) is 0 Å². The van der Waals surface area contributed by atoms with E-state index in [0.29, 0.717) is 0 Å². The van der Waals surface area contributed by atoms with Gasteiger partial charge in [-0.3, -0.25) is 0 Å². The van der Waals surface area contributed by atoms with Crippen molar-refractivity contribution in [1.82, 2.24) is 0 Å². The van der Waals surface area contributed by atoms with Crippen LogP contribution >= 0.6 is 0 Å². The first-order valence-corrected chi connectivity index (χ1v) is 4.04. The minimum atomic E-state index is -0.356. The summed E-state index contributed by atoms with van der Waals surface area (Å²) >= 11 is 0.942. The molecule has 0 bridgehead atoms. The maximum absolute atomic E-state index is 9.17. The van der Waals surface area contributed by atoms with Crippen molar-refractivity contribution in [2.75, 3.05) is 0 Å². The summed E-state index contributed by atoms with van der Waals surface area (Å²) in [4.78, 5) is 0. The molecular formula is C5H8OSn. The first-order chi connectivity index (χ1) is 3.21. The third-order valence-corrected chi connectivity index (χ3v) is 2.49. The van der Waals surface area contributed by atoms with Crippen LogP contribution in [0.1, 0.15) is 12.8 Å². The van der Waals surface area contributed by atoms with Gasteiger partial charge in [0.15, 0.2) is 0 Å². The van der Waals surface area contributed by atoms with Gasteiger partial charge in [-0.15, -0.1) is 0 Å². The van der Waals surface area contributed by atoms with Crippen molar-refractivity contribution in [1.29, 1.82) is 0 Å². The van der Waals surface area contributed by atoms with Crippen LogP contribution in [0.5, 0.6) is 0 Å². The third-order valence-electron chi connectivity index (χ3n) is 1.12. The average Bonchev–Trinajstić information content (AvgIpc) is 1.84. The Morgan fingerprint density at radius 2 is 2.43 bits per heavy atom. The zero-order valence-electron chi connectivity index (χ0n) is 4.09. The SMILES string of the molecule is O[C]1([SnH])C=CCC1. The summed E-state index contributed by atoms with van der Waals surface area (Å²) in [6.07, 6.45) is 5.98. The summed E-state index contributed by atoms with van der Waals surface area (Å²) in [6.45, 7) is 0. The first kappa shape index (κ1) is 5.63. The minimum absolute atomic E-state index is 0.356. The molecule has 0 amide bonds. The molecule has 0 aromatic rings. The number of hydrogen-bond donors (Lipinski definition) is 1. The van der Waals surface area contributed by atoms with Crippen LogP contribution < -0.4 is 0 Å². The molecule has 0 saturated heterocycles. The molecule has 1 nitrogen and oxygen atoms in total. The summed E-state index contributed by atoms with van der Waals surface area (Å²) in [7, 11) is 0. The Kier molecular flexibility index (Phi) is 1.43. The van der Waals surface area contributed by atoms with Crippen molar-refractivity contribution in [3.63, 3.8) is 0 Å². The molecule has 0 aromatic carbocycles. The molecule has 1 rings (SSSR count). The van der Waals surface area contributed by atoms with Gasteiger partial charge in [0.05, 0.1) is 0 Å². The zero-order valence-corrected chi connectivity index (χ0v) is 7.39. The van der Waals surface area contributed by atoms with E-state index in [1.54, 1.807) is 0 Å². The Bertz CT molecular complexity index is 96.3. The van der Waals surface area contributed by atoms with E-state index in [0.717, 1.165) is 35.4 Å². The molecule has 1 N–H and O–H groups in total. The van der Waals surface area contributed by atoms with Gasteiger partial charge >= 0.3 is 56.2 Å². The van der Waals surface area contributed by atoms with Crippen molar-refractivity contribution < 1.29 is 5.11 Å². The third kappa shape index (κ3) is 1.46. The van der Waals surface area contributed by atoms with Gasteiger partial charge in [-0.2, -0.15) is 0 Å². The Balaban J connectivity index is 2.57. The molecule has 0 fully saturated rings. The van der Waals surface area contributed by atoms with Gasteiger partial charge in [0, 0.05) is 0 Å². The Morgan fingerprint density at radius 3 is 2.57 bits per heavy atom. The van der Waals surface area contributed by atoms with E-state index in [9.17, 15) is 0 Å². The molecule has 0 aromatic heterocycles. The van der Waals surface area contributed by atoms with E-state index >= 15 is 0 Å². The fourth-order valence-electron chi connectivity index (χ4n) is 0.685. The summed E-state index contributed by atoms with van der Waals surface area (Å²) in [5.74, 6) is 0. The van der Waals surface area contributed by atoms with Crippen LogP contribution in [0.3, 0.4) is 0 Å². The Hall–Kier alpha value is 0.499. The fraction of sp³-hybridized carbons (Fsp3) is 0.600. The predicted molar refractivity (Wildman–Crippen MR) is 30.5 cm³/mol. The molecule has 38 valence electrons. The van der Waals surface area contributed by atoms with E-state index < -0.39 is 0 Å². The molecule has 1 aliphatic carbocycles. The van der Waals surface area contributed by atoms with E-state index in [4.69, 9.17) is 5.11 Å². The summed E-state index contributed by atoms with van der Waals surface area (Å²) in [5, 5.41) is 9.17. The van der Waals surface area contributed by atoms with Crippen molar-refractivity contribution in [3.05, 3.63) is 12.2 Å². The van der Waals surface area contributed by atoms with Gasteiger partial charge in [-0.05, 0) is 0 Å². The predicted octanol–water partition coefficient (Wildman–Crippen LogP) is -0.0742. The summed E-state index contributed by atoms with van der Waals surface area (Å²) in [5.41, 5.74) is 0. The van der Waals surface area contributed by atoms with E-state index in [1.165, 1.54) is 0 Å². The van der Waals surface area contributed by atoms with Crippen LogP contribution in [0.4, 0.5) is 0 Å². The second kappa shape index (κ2) is 1.78. The van der Waals surface area contributed by atoms with Crippen LogP contribution in [0.15, 0.2) is 12.2 Å². The molecule has 7 heavy (non-hydrogen) atoms. The second-order valence-corrected chi connectivity index (χ2v) is 4.79. The van der Waals surface area contributed by atoms with Gasteiger partial charge in [-0.1, -0.05) is 0 Å². The van der Waals surface area contributed by atoms with E-state index in [2.05, 4.69) is 0 Å². The van der Waals surface area contributed by atoms with Crippen LogP contribution in [0.25, 0.3) is 0 Å². The molecule has 0 spiro atoms. The fourth-order valence-corrected chi connectivity index (χ4v) is 1.55. The van der Waals surface area contributed by atoms with E-state index in [1.807, 2.05) is 12.2 Å².